The summed E-state index contributed by atoms with van der Waals surface area (Å²) in [5.74, 6) is 0. The van der Waals surface area contributed by atoms with Crippen molar-refractivity contribution in [1.82, 2.24) is 4.72 Å². The first-order valence-corrected chi connectivity index (χ1v) is 8.27. The van der Waals surface area contributed by atoms with Crippen LogP contribution in [0.25, 0.3) is 0 Å². The molecule has 5 heteroatoms. The quantitative estimate of drug-likeness (QED) is 0.843. The molecule has 1 aliphatic rings. The Morgan fingerprint density at radius 2 is 1.84 bits per heavy atom. The van der Waals surface area contributed by atoms with Crippen LogP contribution < -0.4 is 10.0 Å². The van der Waals surface area contributed by atoms with Gasteiger partial charge in [-0.2, -0.15) is 0 Å². The molecule has 1 aromatic carbocycles. The highest BCUT2D eigenvalue weighted by Gasteiger charge is 2.34. The van der Waals surface area contributed by atoms with E-state index in [1.165, 1.54) is 32.7 Å². The van der Waals surface area contributed by atoms with E-state index in [1.54, 1.807) is 12.1 Å². The van der Waals surface area contributed by atoms with Gasteiger partial charge >= 0.3 is 0 Å². The summed E-state index contributed by atoms with van der Waals surface area (Å²) in [6.07, 6.45) is 5.12. The van der Waals surface area contributed by atoms with Gasteiger partial charge in [-0.15, -0.1) is 0 Å². The summed E-state index contributed by atoms with van der Waals surface area (Å²) >= 11 is 0. The van der Waals surface area contributed by atoms with E-state index in [0.29, 0.717) is 10.3 Å². The van der Waals surface area contributed by atoms with Gasteiger partial charge in [-0.05, 0) is 56.0 Å². The van der Waals surface area contributed by atoms with Crippen LogP contribution in [0.3, 0.4) is 0 Å². The van der Waals surface area contributed by atoms with Crippen LogP contribution in [0.5, 0.6) is 0 Å². The van der Waals surface area contributed by atoms with Crippen molar-refractivity contribution in [2.24, 2.45) is 5.41 Å². The van der Waals surface area contributed by atoms with Gasteiger partial charge < -0.3 is 5.32 Å². The first-order chi connectivity index (χ1) is 9.01. The van der Waals surface area contributed by atoms with Crippen LogP contribution in [0, 0.1) is 5.41 Å². The molecule has 0 amide bonds. The molecule has 0 atom stereocenters. The van der Waals surface area contributed by atoms with E-state index < -0.39 is 10.0 Å². The smallest absolute Gasteiger partial charge is 0.240 e. The van der Waals surface area contributed by atoms with E-state index >= 15 is 0 Å². The van der Waals surface area contributed by atoms with Gasteiger partial charge in [-0.3, -0.25) is 0 Å². The SMILES string of the molecule is CCC1(CNc2ccc(S(=O)(=O)NC)cc2)CCC1. The van der Waals surface area contributed by atoms with Gasteiger partial charge in [0.25, 0.3) is 0 Å². The molecule has 1 fully saturated rings. The van der Waals surface area contributed by atoms with E-state index in [1.807, 2.05) is 12.1 Å². The van der Waals surface area contributed by atoms with E-state index in [4.69, 9.17) is 0 Å². The van der Waals surface area contributed by atoms with Gasteiger partial charge in [0.15, 0.2) is 0 Å². The maximum Gasteiger partial charge on any atom is 0.240 e. The maximum absolute atomic E-state index is 11.6. The fraction of sp³-hybridized carbons (Fsp3) is 0.571. The van der Waals surface area contributed by atoms with Crippen molar-refractivity contribution in [3.05, 3.63) is 24.3 Å². The van der Waals surface area contributed by atoms with E-state index in [9.17, 15) is 8.42 Å². The Morgan fingerprint density at radius 3 is 2.26 bits per heavy atom. The number of nitrogens with one attached hydrogen (secondary N) is 2. The number of benzene rings is 1. The number of rotatable bonds is 6. The Labute approximate surface area is 115 Å². The lowest BCUT2D eigenvalue weighted by Crippen LogP contribution is -2.35. The second kappa shape index (κ2) is 5.51. The molecule has 1 aliphatic carbocycles. The lowest BCUT2D eigenvalue weighted by molar-refractivity contribution is 0.145. The number of sulfonamides is 1. The summed E-state index contributed by atoms with van der Waals surface area (Å²) in [4.78, 5) is 0.300. The highest BCUT2D eigenvalue weighted by atomic mass is 32.2. The van der Waals surface area contributed by atoms with Gasteiger partial charge in [0.2, 0.25) is 10.0 Å². The Morgan fingerprint density at radius 1 is 1.21 bits per heavy atom. The minimum Gasteiger partial charge on any atom is -0.384 e. The molecule has 0 aromatic heterocycles. The first kappa shape index (κ1) is 14.3. The predicted molar refractivity (Wildman–Crippen MR) is 77.8 cm³/mol. The van der Waals surface area contributed by atoms with Crippen LogP contribution >= 0.6 is 0 Å². The highest BCUT2D eigenvalue weighted by molar-refractivity contribution is 7.89. The third-order valence-electron chi connectivity index (χ3n) is 4.27. The van der Waals surface area contributed by atoms with Gasteiger partial charge in [-0.1, -0.05) is 13.3 Å². The molecule has 0 unspecified atom stereocenters. The third kappa shape index (κ3) is 3.09. The summed E-state index contributed by atoms with van der Waals surface area (Å²) in [5.41, 5.74) is 1.44. The monoisotopic (exact) mass is 282 g/mol. The molecular weight excluding hydrogens is 260 g/mol. The molecule has 2 rings (SSSR count). The zero-order valence-corrected chi connectivity index (χ0v) is 12.4. The van der Waals surface area contributed by atoms with E-state index in [2.05, 4.69) is 17.0 Å². The molecule has 0 radical (unpaired) electrons. The van der Waals surface area contributed by atoms with Gasteiger partial charge in [0, 0.05) is 12.2 Å². The van der Waals surface area contributed by atoms with Gasteiger partial charge in [0.05, 0.1) is 4.90 Å². The van der Waals surface area contributed by atoms with Crippen molar-refractivity contribution in [2.75, 3.05) is 18.9 Å². The lowest BCUT2D eigenvalue weighted by atomic mass is 9.67. The first-order valence-electron chi connectivity index (χ1n) is 6.79. The fourth-order valence-corrected chi connectivity index (χ4v) is 3.22. The third-order valence-corrected chi connectivity index (χ3v) is 5.70. The van der Waals surface area contributed by atoms with Crippen molar-refractivity contribution in [1.29, 1.82) is 0 Å². The maximum atomic E-state index is 11.6. The normalized spacial score (nSPS) is 17.8. The minimum atomic E-state index is -3.33. The predicted octanol–water partition coefficient (Wildman–Crippen LogP) is 2.59. The lowest BCUT2D eigenvalue weighted by Gasteiger charge is -2.41. The molecule has 0 bridgehead atoms. The Balaban J connectivity index is 1.99. The number of hydrogen-bond donors (Lipinski definition) is 2. The summed E-state index contributed by atoms with van der Waals surface area (Å²) in [6.45, 7) is 3.21. The van der Waals surface area contributed by atoms with Crippen molar-refractivity contribution < 1.29 is 8.42 Å². The molecule has 19 heavy (non-hydrogen) atoms. The largest absolute Gasteiger partial charge is 0.384 e. The van der Waals surface area contributed by atoms with Gasteiger partial charge in [-0.25, -0.2) is 13.1 Å². The van der Waals surface area contributed by atoms with Crippen LogP contribution in [0.15, 0.2) is 29.2 Å². The highest BCUT2D eigenvalue weighted by Crippen LogP contribution is 2.43. The second-order valence-electron chi connectivity index (χ2n) is 5.29. The van der Waals surface area contributed by atoms with Crippen molar-refractivity contribution in [3.63, 3.8) is 0 Å². The summed E-state index contributed by atoms with van der Waals surface area (Å²) < 4.78 is 25.5. The van der Waals surface area contributed by atoms with Crippen LogP contribution in [0.2, 0.25) is 0 Å². The molecular formula is C14H22N2O2S. The van der Waals surface area contributed by atoms with Crippen LogP contribution in [0.4, 0.5) is 5.69 Å². The Hall–Kier alpha value is -1.07. The minimum absolute atomic E-state index is 0.300. The van der Waals surface area contributed by atoms with E-state index in [-0.39, 0.29) is 0 Å². The molecule has 0 spiro atoms. The molecule has 1 saturated carbocycles. The zero-order chi connectivity index (χ0) is 13.9. The molecule has 1 aromatic rings. The zero-order valence-electron chi connectivity index (χ0n) is 11.6. The number of hydrogen-bond acceptors (Lipinski definition) is 3. The van der Waals surface area contributed by atoms with Gasteiger partial charge in [0.1, 0.15) is 0 Å². The second-order valence-corrected chi connectivity index (χ2v) is 7.18. The number of anilines is 1. The molecule has 0 saturated heterocycles. The van der Waals surface area contributed by atoms with Crippen molar-refractivity contribution >= 4 is 15.7 Å². The standard InChI is InChI=1S/C14H22N2O2S/c1-3-14(9-4-10-14)11-16-12-5-7-13(8-6-12)19(17,18)15-2/h5-8,15-16H,3-4,9-11H2,1-2H3. The molecule has 106 valence electrons. The summed E-state index contributed by atoms with van der Waals surface area (Å²) in [6, 6.07) is 6.92. The Kier molecular flexibility index (Phi) is 4.16. The average molecular weight is 282 g/mol. The topological polar surface area (TPSA) is 58.2 Å². The summed E-state index contributed by atoms with van der Waals surface area (Å²) in [7, 11) is -1.91. The average Bonchev–Trinajstić information content (AvgIpc) is 2.38. The van der Waals surface area contributed by atoms with Crippen LogP contribution in [0.1, 0.15) is 32.6 Å². The summed E-state index contributed by atoms with van der Waals surface area (Å²) in [5, 5.41) is 3.42. The molecule has 2 N–H and O–H groups in total. The molecule has 4 nitrogen and oxygen atoms in total. The molecule has 0 aliphatic heterocycles. The van der Waals surface area contributed by atoms with Crippen LogP contribution in [-0.4, -0.2) is 22.0 Å². The van der Waals surface area contributed by atoms with Crippen molar-refractivity contribution in [3.8, 4) is 0 Å². The van der Waals surface area contributed by atoms with Crippen molar-refractivity contribution in [2.45, 2.75) is 37.5 Å². The fourth-order valence-electron chi connectivity index (χ4n) is 2.49. The van der Waals surface area contributed by atoms with E-state index in [0.717, 1.165) is 12.2 Å². The van der Waals surface area contributed by atoms with Crippen LogP contribution in [-0.2, 0) is 10.0 Å². The molecule has 0 heterocycles. The Bertz CT molecular complexity index is 513.